The van der Waals surface area contributed by atoms with Gasteiger partial charge in [-0.05, 0) is 48.9 Å². The van der Waals surface area contributed by atoms with Crippen molar-refractivity contribution in [2.24, 2.45) is 5.16 Å². The van der Waals surface area contributed by atoms with E-state index in [2.05, 4.69) is 20.0 Å². The van der Waals surface area contributed by atoms with E-state index in [1.54, 1.807) is 24.3 Å². The molecular formula is C25H17F6N5O3. The molecule has 1 heterocycles. The summed E-state index contributed by atoms with van der Waals surface area (Å²) in [5, 5.41) is 9.99. The van der Waals surface area contributed by atoms with Crippen molar-refractivity contribution in [3.8, 4) is 22.8 Å². The van der Waals surface area contributed by atoms with Crippen LogP contribution in [0.2, 0.25) is 0 Å². The average molecular weight is 549 g/mol. The van der Waals surface area contributed by atoms with Gasteiger partial charge >= 0.3 is 18.6 Å². The summed E-state index contributed by atoms with van der Waals surface area (Å²) in [5.74, 6) is -0.0440. The molecule has 0 atom stereocenters. The van der Waals surface area contributed by atoms with Crippen molar-refractivity contribution in [1.82, 2.24) is 14.8 Å². The summed E-state index contributed by atoms with van der Waals surface area (Å²) < 4.78 is 81.4. The van der Waals surface area contributed by atoms with Gasteiger partial charge in [0.15, 0.2) is 5.82 Å². The lowest BCUT2D eigenvalue weighted by Crippen LogP contribution is -2.17. The maximum Gasteiger partial charge on any atom is 0.573 e. The number of para-hydroxylation sites is 1. The van der Waals surface area contributed by atoms with Gasteiger partial charge in [-0.1, -0.05) is 41.6 Å². The monoisotopic (exact) mass is 549 g/mol. The molecule has 0 spiro atoms. The fourth-order valence-electron chi connectivity index (χ4n) is 3.32. The van der Waals surface area contributed by atoms with E-state index in [0.29, 0.717) is 22.6 Å². The van der Waals surface area contributed by atoms with Gasteiger partial charge in [-0.3, -0.25) is 10.2 Å². The zero-order chi connectivity index (χ0) is 28.2. The molecule has 0 radical (unpaired) electrons. The van der Waals surface area contributed by atoms with Crippen LogP contribution in [0.15, 0.2) is 84.3 Å². The van der Waals surface area contributed by atoms with Crippen molar-refractivity contribution in [3.63, 3.8) is 0 Å². The number of aromatic nitrogens is 3. The number of hydrogen-bond acceptors (Lipinski definition) is 6. The Bertz CT molecular complexity index is 1480. The molecule has 0 saturated heterocycles. The molecule has 1 N–H and O–H groups in total. The fourth-order valence-corrected chi connectivity index (χ4v) is 3.32. The topological polar surface area (TPSA) is 90.6 Å². The van der Waals surface area contributed by atoms with Crippen LogP contribution in [0.25, 0.3) is 17.1 Å². The highest BCUT2D eigenvalue weighted by Crippen LogP contribution is 2.34. The first kappa shape index (κ1) is 27.2. The number of hydrogen-bond donors (Lipinski definition) is 1. The predicted octanol–water partition coefficient (Wildman–Crippen LogP) is 6.82. The quantitative estimate of drug-likeness (QED) is 0.123. The van der Waals surface area contributed by atoms with E-state index >= 15 is 0 Å². The molecule has 1 aromatic heterocycles. The average Bonchev–Trinajstić information content (AvgIpc) is 3.37. The highest BCUT2D eigenvalue weighted by molar-refractivity contribution is 5.99. The lowest BCUT2D eigenvalue weighted by Gasteiger charge is -2.12. The van der Waals surface area contributed by atoms with E-state index in [1.165, 1.54) is 42.2 Å². The first-order chi connectivity index (χ1) is 18.4. The van der Waals surface area contributed by atoms with Gasteiger partial charge in [0.25, 0.3) is 0 Å². The molecule has 0 fully saturated rings. The molecular weight excluding hydrogens is 532 g/mol. The van der Waals surface area contributed by atoms with E-state index in [-0.39, 0.29) is 11.5 Å². The van der Waals surface area contributed by atoms with E-state index in [9.17, 15) is 31.1 Å². The van der Waals surface area contributed by atoms with Crippen LogP contribution in [0.3, 0.4) is 0 Å². The first-order valence-electron chi connectivity index (χ1n) is 11.0. The van der Waals surface area contributed by atoms with Crippen LogP contribution in [0, 0.1) is 0 Å². The standard InChI is InChI=1S/C25H17F6N5O3/c1-15(35-39-23(37)33-21-5-3-2-4-20(21)24(26,27)28)16-6-8-17(9-7-16)22-32-14-36(34-22)18-10-12-19(13-11-18)38-25(29,30)31/h2-14H,1H3,(H,33,37)/b35-15+. The van der Waals surface area contributed by atoms with Gasteiger partial charge in [0, 0.05) is 5.56 Å². The van der Waals surface area contributed by atoms with Crippen molar-refractivity contribution in [3.05, 3.63) is 90.3 Å². The maximum absolute atomic E-state index is 13.1. The van der Waals surface area contributed by atoms with Crippen molar-refractivity contribution >= 4 is 17.5 Å². The lowest BCUT2D eigenvalue weighted by atomic mass is 10.1. The predicted molar refractivity (Wildman–Crippen MR) is 127 cm³/mol. The molecule has 1 amide bonds. The summed E-state index contributed by atoms with van der Waals surface area (Å²) in [4.78, 5) is 20.9. The number of carbonyl (C=O) groups excluding carboxylic acids is 1. The van der Waals surface area contributed by atoms with Gasteiger partial charge in [-0.2, -0.15) is 13.2 Å². The van der Waals surface area contributed by atoms with Crippen LogP contribution in [-0.2, 0) is 11.0 Å². The molecule has 0 aliphatic heterocycles. The molecule has 4 aromatic rings. The number of benzene rings is 3. The molecule has 0 aliphatic rings. The van der Waals surface area contributed by atoms with Gasteiger partial charge < -0.3 is 4.74 Å². The molecule has 3 aromatic carbocycles. The zero-order valence-electron chi connectivity index (χ0n) is 19.8. The Hall–Kier alpha value is -4.88. The van der Waals surface area contributed by atoms with E-state index in [4.69, 9.17) is 4.84 Å². The second-order valence-electron chi connectivity index (χ2n) is 7.86. The highest BCUT2D eigenvalue weighted by Gasteiger charge is 2.34. The zero-order valence-corrected chi connectivity index (χ0v) is 19.8. The highest BCUT2D eigenvalue weighted by atomic mass is 19.4. The molecule has 202 valence electrons. The van der Waals surface area contributed by atoms with Crippen LogP contribution >= 0.6 is 0 Å². The third kappa shape index (κ3) is 7.12. The molecule has 0 aliphatic carbocycles. The van der Waals surface area contributed by atoms with Crippen molar-refractivity contribution in [1.29, 1.82) is 0 Å². The summed E-state index contributed by atoms with van der Waals surface area (Å²) >= 11 is 0. The van der Waals surface area contributed by atoms with Crippen molar-refractivity contribution in [2.75, 3.05) is 5.32 Å². The largest absolute Gasteiger partial charge is 0.573 e. The number of oxime groups is 1. The second-order valence-corrected chi connectivity index (χ2v) is 7.86. The van der Waals surface area contributed by atoms with Crippen molar-refractivity contribution in [2.45, 2.75) is 19.5 Å². The molecule has 4 rings (SSSR count). The van der Waals surface area contributed by atoms with Crippen LogP contribution in [0.1, 0.15) is 18.1 Å². The Morgan fingerprint density at radius 2 is 1.59 bits per heavy atom. The second kappa shape index (κ2) is 10.8. The van der Waals surface area contributed by atoms with Gasteiger partial charge in [0.1, 0.15) is 12.1 Å². The number of anilines is 1. The van der Waals surface area contributed by atoms with Gasteiger partial charge in [-0.15, -0.1) is 18.3 Å². The molecule has 39 heavy (non-hydrogen) atoms. The molecule has 0 bridgehead atoms. The number of nitrogens with zero attached hydrogens (tertiary/aromatic N) is 4. The van der Waals surface area contributed by atoms with Crippen LogP contribution in [0.5, 0.6) is 5.75 Å². The SMILES string of the molecule is C/C(=N\OC(=O)Nc1ccccc1C(F)(F)F)c1ccc(-c2ncn(-c3ccc(OC(F)(F)F)cc3)n2)cc1. The summed E-state index contributed by atoms with van der Waals surface area (Å²) in [6, 6.07) is 16.1. The Morgan fingerprint density at radius 1 is 0.923 bits per heavy atom. The minimum absolute atomic E-state index is 0.264. The Balaban J connectivity index is 1.39. The third-order valence-corrected chi connectivity index (χ3v) is 5.12. The minimum atomic E-state index is -4.79. The van der Waals surface area contributed by atoms with Gasteiger partial charge in [-0.25, -0.2) is 14.5 Å². The number of amides is 1. The van der Waals surface area contributed by atoms with Gasteiger partial charge in [0.05, 0.1) is 22.6 Å². The number of alkyl halides is 6. The number of rotatable bonds is 6. The molecule has 0 unspecified atom stereocenters. The van der Waals surface area contributed by atoms with E-state index in [1.807, 2.05) is 5.32 Å². The van der Waals surface area contributed by atoms with E-state index < -0.39 is 29.9 Å². The Morgan fingerprint density at radius 3 is 2.23 bits per heavy atom. The lowest BCUT2D eigenvalue weighted by molar-refractivity contribution is -0.274. The van der Waals surface area contributed by atoms with Crippen LogP contribution in [0.4, 0.5) is 36.8 Å². The minimum Gasteiger partial charge on any atom is -0.406 e. The summed E-state index contributed by atoms with van der Waals surface area (Å²) in [6.07, 6.45) is -9.26. The Kier molecular flexibility index (Phi) is 7.56. The fraction of sp³-hybridized carbons (Fsp3) is 0.120. The number of nitrogens with one attached hydrogen (secondary N) is 1. The summed E-state index contributed by atoms with van der Waals surface area (Å²) in [7, 11) is 0. The van der Waals surface area contributed by atoms with Gasteiger partial charge in [0.2, 0.25) is 0 Å². The molecule has 14 heteroatoms. The van der Waals surface area contributed by atoms with E-state index in [0.717, 1.165) is 24.3 Å². The van der Waals surface area contributed by atoms with Crippen LogP contribution in [-0.4, -0.2) is 32.9 Å². The summed E-state index contributed by atoms with van der Waals surface area (Å²) in [6.45, 7) is 1.53. The third-order valence-electron chi connectivity index (χ3n) is 5.12. The number of halogens is 6. The smallest absolute Gasteiger partial charge is 0.406 e. The normalized spacial score (nSPS) is 12.2. The maximum atomic E-state index is 13.1. The first-order valence-corrected chi connectivity index (χ1v) is 11.0. The van der Waals surface area contributed by atoms with Crippen molar-refractivity contribution < 1.29 is 40.7 Å². The number of ether oxygens (including phenoxy) is 1. The molecule has 0 saturated carbocycles. The summed E-state index contributed by atoms with van der Waals surface area (Å²) in [5.41, 5.74) is 0.370. The molecule has 8 nitrogen and oxygen atoms in total. The van der Waals surface area contributed by atoms with Crippen LogP contribution < -0.4 is 10.1 Å². The number of carbonyl (C=O) groups is 1. The Labute approximate surface area is 216 Å².